The van der Waals surface area contributed by atoms with Crippen molar-refractivity contribution in [1.82, 2.24) is 0 Å². The fourth-order valence-electron chi connectivity index (χ4n) is 0.343. The molecule has 0 rings (SSSR count). The van der Waals surface area contributed by atoms with Crippen molar-refractivity contribution in [3.63, 3.8) is 0 Å². The zero-order chi connectivity index (χ0) is 7.33. The first kappa shape index (κ1) is 9.43. The molecule has 4 heteroatoms. The van der Waals surface area contributed by atoms with Crippen LogP contribution in [0.3, 0.4) is 0 Å². The van der Waals surface area contributed by atoms with Gasteiger partial charge in [-0.05, 0) is 13.0 Å². The standard InChI is InChI=1S/C5H13ClO2Si/c1-4-5-8-9(3,6)7-2/h4-5H2,1-3H3. The summed E-state index contributed by atoms with van der Waals surface area (Å²) in [4.78, 5) is 0. The molecule has 0 amide bonds. The fourth-order valence-corrected chi connectivity index (χ4v) is 1.26. The summed E-state index contributed by atoms with van der Waals surface area (Å²) in [5.41, 5.74) is 0. The maximum absolute atomic E-state index is 5.79. The van der Waals surface area contributed by atoms with E-state index in [9.17, 15) is 0 Å². The summed E-state index contributed by atoms with van der Waals surface area (Å²) >= 11 is 5.79. The SMILES string of the molecule is CCCO[Si](C)(Cl)OC. The molecule has 2 nitrogen and oxygen atoms in total. The lowest BCUT2D eigenvalue weighted by Gasteiger charge is -2.15. The molecule has 0 spiro atoms. The van der Waals surface area contributed by atoms with Crippen molar-refractivity contribution in [3.05, 3.63) is 0 Å². The van der Waals surface area contributed by atoms with E-state index >= 15 is 0 Å². The van der Waals surface area contributed by atoms with Gasteiger partial charge in [-0.25, -0.2) is 0 Å². The average Bonchev–Trinajstić information content (AvgIpc) is 1.84. The third-order valence-electron chi connectivity index (χ3n) is 0.929. The Balaban J connectivity index is 3.33. The van der Waals surface area contributed by atoms with Gasteiger partial charge in [-0.2, -0.15) is 0 Å². The summed E-state index contributed by atoms with van der Waals surface area (Å²) in [6.07, 6.45) is 0.985. The summed E-state index contributed by atoms with van der Waals surface area (Å²) in [7, 11) is -0.648. The van der Waals surface area contributed by atoms with E-state index in [2.05, 4.69) is 0 Å². The molecule has 0 heterocycles. The third kappa shape index (κ3) is 4.90. The minimum Gasteiger partial charge on any atom is -0.387 e. The molecule has 0 aromatic carbocycles. The van der Waals surface area contributed by atoms with Gasteiger partial charge >= 0.3 is 7.87 Å². The van der Waals surface area contributed by atoms with Gasteiger partial charge in [0.25, 0.3) is 0 Å². The van der Waals surface area contributed by atoms with Crippen molar-refractivity contribution in [3.8, 4) is 0 Å². The fraction of sp³-hybridized carbons (Fsp3) is 1.00. The molecular formula is C5H13ClO2Si. The molecule has 0 bridgehead atoms. The summed E-state index contributed by atoms with van der Waals surface area (Å²) in [5.74, 6) is 0. The summed E-state index contributed by atoms with van der Waals surface area (Å²) in [5, 5.41) is 0. The molecular weight excluding hydrogens is 156 g/mol. The largest absolute Gasteiger partial charge is 0.439 e. The van der Waals surface area contributed by atoms with Crippen LogP contribution in [0.1, 0.15) is 13.3 Å². The van der Waals surface area contributed by atoms with E-state index in [1.54, 1.807) is 7.11 Å². The van der Waals surface area contributed by atoms with Crippen LogP contribution in [0.2, 0.25) is 6.55 Å². The van der Waals surface area contributed by atoms with E-state index < -0.39 is 7.87 Å². The Morgan fingerprint density at radius 3 is 2.44 bits per heavy atom. The summed E-state index contributed by atoms with van der Waals surface area (Å²) in [6, 6.07) is 0. The third-order valence-corrected chi connectivity index (χ3v) is 3.17. The molecule has 1 atom stereocenters. The molecule has 0 aliphatic rings. The van der Waals surface area contributed by atoms with Gasteiger partial charge in [0.1, 0.15) is 0 Å². The highest BCUT2D eigenvalue weighted by molar-refractivity contribution is 7.12. The Labute approximate surface area is 62.1 Å². The second kappa shape index (κ2) is 4.28. The Hall–Kier alpha value is 0.427. The van der Waals surface area contributed by atoms with Crippen molar-refractivity contribution in [2.45, 2.75) is 19.9 Å². The summed E-state index contributed by atoms with van der Waals surface area (Å²) < 4.78 is 10.1. The quantitative estimate of drug-likeness (QED) is 0.472. The molecule has 0 N–H and O–H groups in total. The molecule has 0 fully saturated rings. The molecule has 56 valence electrons. The van der Waals surface area contributed by atoms with Crippen LogP contribution in [-0.4, -0.2) is 21.6 Å². The minimum atomic E-state index is -2.23. The number of hydrogen-bond donors (Lipinski definition) is 0. The van der Waals surface area contributed by atoms with E-state index in [1.807, 2.05) is 13.5 Å². The molecule has 0 aliphatic heterocycles. The van der Waals surface area contributed by atoms with Gasteiger partial charge in [-0.15, -0.1) is 0 Å². The van der Waals surface area contributed by atoms with Crippen molar-refractivity contribution < 1.29 is 8.85 Å². The normalized spacial score (nSPS) is 17.3. The molecule has 0 aliphatic carbocycles. The van der Waals surface area contributed by atoms with Crippen molar-refractivity contribution in [2.75, 3.05) is 13.7 Å². The number of rotatable bonds is 4. The van der Waals surface area contributed by atoms with Crippen LogP contribution in [0.5, 0.6) is 0 Å². The molecule has 0 aromatic rings. The molecule has 1 unspecified atom stereocenters. The topological polar surface area (TPSA) is 18.5 Å². The highest BCUT2D eigenvalue weighted by Crippen LogP contribution is 2.10. The van der Waals surface area contributed by atoms with Crippen molar-refractivity contribution in [2.24, 2.45) is 0 Å². The van der Waals surface area contributed by atoms with Gasteiger partial charge in [0, 0.05) is 13.7 Å². The van der Waals surface area contributed by atoms with Crippen molar-refractivity contribution in [1.29, 1.82) is 0 Å². The zero-order valence-corrected chi connectivity index (χ0v) is 7.86. The van der Waals surface area contributed by atoms with Crippen LogP contribution in [0.15, 0.2) is 0 Å². The maximum Gasteiger partial charge on any atom is 0.439 e. The van der Waals surface area contributed by atoms with Crippen LogP contribution < -0.4 is 0 Å². The first-order chi connectivity index (χ1) is 4.12. The molecule has 0 radical (unpaired) electrons. The van der Waals surface area contributed by atoms with Gasteiger partial charge in [-0.3, -0.25) is 0 Å². The van der Waals surface area contributed by atoms with Gasteiger partial charge in [-0.1, -0.05) is 18.0 Å². The monoisotopic (exact) mass is 168 g/mol. The molecule has 0 saturated carbocycles. The summed E-state index contributed by atoms with van der Waals surface area (Å²) in [6.45, 7) is 4.54. The Kier molecular flexibility index (Phi) is 4.48. The first-order valence-electron chi connectivity index (χ1n) is 3.00. The minimum absolute atomic E-state index is 0.695. The predicted octanol–water partition coefficient (Wildman–Crippen LogP) is 1.87. The second-order valence-electron chi connectivity index (χ2n) is 1.89. The predicted molar refractivity (Wildman–Crippen MR) is 40.7 cm³/mol. The maximum atomic E-state index is 5.79. The van der Waals surface area contributed by atoms with Gasteiger partial charge in [0.15, 0.2) is 0 Å². The van der Waals surface area contributed by atoms with Gasteiger partial charge in [0.2, 0.25) is 0 Å². The molecule has 9 heavy (non-hydrogen) atoms. The van der Waals surface area contributed by atoms with E-state index in [0.717, 1.165) is 6.42 Å². The Bertz CT molecular complexity index is 77.4. The second-order valence-corrected chi connectivity index (χ2v) is 6.31. The number of hydrogen-bond acceptors (Lipinski definition) is 2. The van der Waals surface area contributed by atoms with E-state index in [0.29, 0.717) is 6.61 Å². The van der Waals surface area contributed by atoms with Crippen LogP contribution in [0.25, 0.3) is 0 Å². The smallest absolute Gasteiger partial charge is 0.387 e. The van der Waals surface area contributed by atoms with Crippen LogP contribution in [0, 0.1) is 0 Å². The average molecular weight is 169 g/mol. The molecule has 0 saturated heterocycles. The lowest BCUT2D eigenvalue weighted by atomic mass is 10.5. The lowest BCUT2D eigenvalue weighted by molar-refractivity contribution is 0.225. The van der Waals surface area contributed by atoms with Crippen LogP contribution in [-0.2, 0) is 8.85 Å². The highest BCUT2D eigenvalue weighted by Gasteiger charge is 2.26. The van der Waals surface area contributed by atoms with Crippen molar-refractivity contribution >= 4 is 18.9 Å². The van der Waals surface area contributed by atoms with E-state index in [-0.39, 0.29) is 0 Å². The number of halogens is 1. The molecule has 0 aromatic heterocycles. The van der Waals surface area contributed by atoms with Gasteiger partial charge < -0.3 is 8.85 Å². The Morgan fingerprint density at radius 2 is 2.11 bits per heavy atom. The lowest BCUT2D eigenvalue weighted by Crippen LogP contribution is -2.30. The van der Waals surface area contributed by atoms with E-state index in [1.165, 1.54) is 0 Å². The van der Waals surface area contributed by atoms with Gasteiger partial charge in [0.05, 0.1) is 0 Å². The van der Waals surface area contributed by atoms with Crippen LogP contribution >= 0.6 is 11.1 Å². The van der Waals surface area contributed by atoms with Crippen LogP contribution in [0.4, 0.5) is 0 Å². The first-order valence-corrected chi connectivity index (χ1v) is 6.33. The zero-order valence-electron chi connectivity index (χ0n) is 6.11. The Morgan fingerprint density at radius 1 is 1.56 bits per heavy atom. The highest BCUT2D eigenvalue weighted by atomic mass is 35.6. The van der Waals surface area contributed by atoms with E-state index in [4.69, 9.17) is 19.9 Å².